The Morgan fingerprint density at radius 2 is 1.04 bits per heavy atom. The Hall–Kier alpha value is -6.59. The van der Waals surface area contributed by atoms with Crippen LogP contribution in [-0.4, -0.2) is 15.0 Å². The fourth-order valence-corrected chi connectivity index (χ4v) is 6.69. The molecule has 0 amide bonds. The molecule has 0 saturated carbocycles. The smallest absolute Gasteiger partial charge is 0.164 e. The molecule has 3 aromatic heterocycles. The molecule has 0 spiro atoms. The average molecular weight is 632 g/mol. The number of aromatic nitrogens is 3. The molecule has 0 aliphatic rings. The zero-order valence-corrected chi connectivity index (χ0v) is 26.7. The van der Waals surface area contributed by atoms with Gasteiger partial charge in [0.15, 0.2) is 17.5 Å². The molecule has 0 N–H and O–H groups in total. The van der Waals surface area contributed by atoms with Crippen molar-refractivity contribution < 1.29 is 8.83 Å². The fraction of sp³-hybridized carbons (Fsp3) is 0.0227. The topological polar surface area (TPSA) is 65.0 Å². The third-order valence-electron chi connectivity index (χ3n) is 9.06. The summed E-state index contributed by atoms with van der Waals surface area (Å²) in [6, 6.07) is 49.3. The highest BCUT2D eigenvalue weighted by atomic mass is 16.3. The number of para-hydroxylation sites is 2. The molecular formula is C44H29N3O2. The number of hydrogen-bond acceptors (Lipinski definition) is 5. The molecule has 0 aliphatic heterocycles. The molecule has 0 radical (unpaired) electrons. The van der Waals surface area contributed by atoms with Crippen LogP contribution in [0.15, 0.2) is 161 Å². The Kier molecular flexibility index (Phi) is 6.76. The highest BCUT2D eigenvalue weighted by molar-refractivity contribution is 6.13. The second-order valence-electron chi connectivity index (χ2n) is 12.1. The van der Waals surface area contributed by atoms with Crippen molar-refractivity contribution in [2.45, 2.75) is 6.92 Å². The molecular weight excluding hydrogens is 603 g/mol. The third kappa shape index (κ3) is 5.00. The van der Waals surface area contributed by atoms with Crippen LogP contribution < -0.4 is 0 Å². The fourth-order valence-electron chi connectivity index (χ4n) is 6.69. The predicted octanol–water partition coefficient (Wildman–Crippen LogP) is 11.6. The lowest BCUT2D eigenvalue weighted by molar-refractivity contribution is 0.577. The zero-order chi connectivity index (χ0) is 32.9. The van der Waals surface area contributed by atoms with Crippen LogP contribution in [0.4, 0.5) is 0 Å². The van der Waals surface area contributed by atoms with Gasteiger partial charge in [0.2, 0.25) is 0 Å². The van der Waals surface area contributed by atoms with E-state index in [0.717, 1.165) is 72.0 Å². The van der Waals surface area contributed by atoms with Gasteiger partial charge in [0.05, 0.1) is 0 Å². The van der Waals surface area contributed by atoms with Crippen molar-refractivity contribution in [3.8, 4) is 45.0 Å². The molecule has 5 nitrogen and oxygen atoms in total. The summed E-state index contributed by atoms with van der Waals surface area (Å²) < 4.78 is 12.6. The van der Waals surface area contributed by atoms with E-state index in [0.29, 0.717) is 23.0 Å². The number of fused-ring (bicyclic) bond motifs is 4. The van der Waals surface area contributed by atoms with Gasteiger partial charge in [0.1, 0.15) is 22.5 Å². The quantitative estimate of drug-likeness (QED) is 0.183. The Morgan fingerprint density at radius 3 is 1.76 bits per heavy atom. The third-order valence-corrected chi connectivity index (χ3v) is 9.06. The van der Waals surface area contributed by atoms with Crippen molar-refractivity contribution in [3.05, 3.63) is 169 Å². The summed E-state index contributed by atoms with van der Waals surface area (Å²) in [6.07, 6.45) is 0. The molecule has 232 valence electrons. The van der Waals surface area contributed by atoms with Crippen LogP contribution in [0, 0.1) is 6.92 Å². The summed E-state index contributed by atoms with van der Waals surface area (Å²) in [7, 11) is 0. The van der Waals surface area contributed by atoms with Crippen molar-refractivity contribution in [2.24, 2.45) is 0 Å². The van der Waals surface area contributed by atoms with Gasteiger partial charge in [-0.25, -0.2) is 15.0 Å². The van der Waals surface area contributed by atoms with Gasteiger partial charge in [0, 0.05) is 38.4 Å². The van der Waals surface area contributed by atoms with Crippen molar-refractivity contribution in [1.29, 1.82) is 0 Å². The molecule has 6 aromatic carbocycles. The molecule has 0 atom stereocenters. The maximum atomic E-state index is 6.48. The molecule has 0 fully saturated rings. The standard InChI is InChI=1S/C44H29N3O2/c1-27(40-28(2)48-37-19-11-9-17-34(37)40)42-45-43(32-15-7-4-8-16-32)47-44(46-42)36-25-33(26-39-41(36)35-18-10-12-20-38(35)49-39)31-23-21-30(22-24-31)29-13-5-3-6-14-29/h3-26H,1H2,2H3. The molecule has 9 aromatic rings. The van der Waals surface area contributed by atoms with E-state index >= 15 is 0 Å². The first kappa shape index (κ1) is 28.6. The molecule has 0 saturated heterocycles. The van der Waals surface area contributed by atoms with Crippen LogP contribution in [0.2, 0.25) is 0 Å². The largest absolute Gasteiger partial charge is 0.461 e. The van der Waals surface area contributed by atoms with Gasteiger partial charge >= 0.3 is 0 Å². The molecule has 3 heterocycles. The van der Waals surface area contributed by atoms with E-state index in [-0.39, 0.29) is 0 Å². The summed E-state index contributed by atoms with van der Waals surface area (Å²) in [6.45, 7) is 6.47. The minimum Gasteiger partial charge on any atom is -0.461 e. The van der Waals surface area contributed by atoms with Crippen molar-refractivity contribution in [3.63, 3.8) is 0 Å². The lowest BCUT2D eigenvalue weighted by atomic mass is 9.96. The van der Waals surface area contributed by atoms with Crippen LogP contribution in [0.3, 0.4) is 0 Å². The molecule has 9 rings (SSSR count). The average Bonchev–Trinajstić information content (AvgIpc) is 3.71. The van der Waals surface area contributed by atoms with Gasteiger partial charge in [-0.2, -0.15) is 0 Å². The number of aryl methyl sites for hydroxylation is 1. The van der Waals surface area contributed by atoms with E-state index in [1.807, 2.05) is 85.8 Å². The second-order valence-corrected chi connectivity index (χ2v) is 12.1. The van der Waals surface area contributed by atoms with Crippen LogP contribution in [0.5, 0.6) is 0 Å². The Labute approximate surface area is 282 Å². The Bertz CT molecular complexity index is 2670. The summed E-state index contributed by atoms with van der Waals surface area (Å²) in [5.74, 6) is 2.34. The van der Waals surface area contributed by atoms with Gasteiger partial charge in [-0.3, -0.25) is 0 Å². The Morgan fingerprint density at radius 1 is 0.490 bits per heavy atom. The summed E-state index contributed by atoms with van der Waals surface area (Å²) in [5.41, 5.74) is 10.1. The highest BCUT2D eigenvalue weighted by Crippen LogP contribution is 2.41. The predicted molar refractivity (Wildman–Crippen MR) is 198 cm³/mol. The molecule has 0 aliphatic carbocycles. The number of nitrogens with zero attached hydrogens (tertiary/aromatic N) is 3. The van der Waals surface area contributed by atoms with E-state index in [1.54, 1.807) is 0 Å². The SMILES string of the molecule is C=C(c1nc(-c2ccccc2)nc(-c2cc(-c3ccc(-c4ccccc4)cc3)cc3oc4ccccc4c23)n1)c1c(C)oc2ccccc12. The summed E-state index contributed by atoms with van der Waals surface area (Å²) >= 11 is 0. The van der Waals surface area contributed by atoms with E-state index in [4.69, 9.17) is 23.8 Å². The lowest BCUT2D eigenvalue weighted by Gasteiger charge is -2.12. The Balaban J connectivity index is 1.27. The minimum atomic E-state index is 0.483. The summed E-state index contributed by atoms with van der Waals surface area (Å²) in [4.78, 5) is 15.3. The van der Waals surface area contributed by atoms with Gasteiger partial charge in [-0.1, -0.05) is 128 Å². The monoisotopic (exact) mass is 631 g/mol. The van der Waals surface area contributed by atoms with Crippen molar-refractivity contribution in [1.82, 2.24) is 15.0 Å². The highest BCUT2D eigenvalue weighted by Gasteiger charge is 2.22. The van der Waals surface area contributed by atoms with Crippen molar-refractivity contribution >= 4 is 38.5 Å². The first-order valence-electron chi connectivity index (χ1n) is 16.2. The van der Waals surface area contributed by atoms with E-state index in [1.165, 1.54) is 5.56 Å². The zero-order valence-electron chi connectivity index (χ0n) is 26.7. The number of furan rings is 2. The second kappa shape index (κ2) is 11.6. The summed E-state index contributed by atoms with van der Waals surface area (Å²) in [5, 5.41) is 2.92. The van der Waals surface area contributed by atoms with Crippen LogP contribution in [0.25, 0.3) is 83.5 Å². The van der Waals surface area contributed by atoms with Gasteiger partial charge in [-0.15, -0.1) is 0 Å². The van der Waals surface area contributed by atoms with Crippen LogP contribution in [0.1, 0.15) is 17.1 Å². The molecule has 0 bridgehead atoms. The van der Waals surface area contributed by atoms with E-state index in [9.17, 15) is 0 Å². The first-order chi connectivity index (χ1) is 24.1. The number of rotatable bonds is 6. The number of hydrogen-bond donors (Lipinski definition) is 0. The first-order valence-corrected chi connectivity index (χ1v) is 16.2. The van der Waals surface area contributed by atoms with Gasteiger partial charge < -0.3 is 8.83 Å². The van der Waals surface area contributed by atoms with Gasteiger partial charge in [-0.05, 0) is 53.4 Å². The van der Waals surface area contributed by atoms with Gasteiger partial charge in [0.25, 0.3) is 0 Å². The van der Waals surface area contributed by atoms with Crippen LogP contribution in [-0.2, 0) is 0 Å². The van der Waals surface area contributed by atoms with E-state index in [2.05, 4.69) is 73.3 Å². The maximum absolute atomic E-state index is 6.48. The normalized spacial score (nSPS) is 11.4. The van der Waals surface area contributed by atoms with E-state index < -0.39 is 0 Å². The molecule has 0 unspecified atom stereocenters. The molecule has 49 heavy (non-hydrogen) atoms. The molecule has 5 heteroatoms. The maximum Gasteiger partial charge on any atom is 0.164 e. The van der Waals surface area contributed by atoms with Crippen molar-refractivity contribution in [2.75, 3.05) is 0 Å². The minimum absolute atomic E-state index is 0.483. The van der Waals surface area contributed by atoms with Crippen LogP contribution >= 0.6 is 0 Å². The number of benzene rings is 6. The lowest BCUT2D eigenvalue weighted by Crippen LogP contribution is -2.04.